The van der Waals surface area contributed by atoms with E-state index in [2.05, 4.69) is 10.1 Å². The molecular weight excluding hydrogens is 387 g/mol. The Bertz CT molecular complexity index is 1110. The molecule has 0 aliphatic carbocycles. The van der Waals surface area contributed by atoms with Gasteiger partial charge in [0, 0.05) is 10.9 Å². The summed E-state index contributed by atoms with van der Waals surface area (Å²) in [5, 5.41) is 5.62. The van der Waals surface area contributed by atoms with E-state index in [4.69, 9.17) is 23.2 Å². The highest BCUT2D eigenvalue weighted by molar-refractivity contribution is 7.89. The van der Waals surface area contributed by atoms with Crippen LogP contribution < -0.4 is 4.72 Å². The van der Waals surface area contributed by atoms with E-state index in [1.54, 1.807) is 29.8 Å². The number of aromatic nitrogens is 3. The fraction of sp³-hybridized carbons (Fsp3) is 0.133. The summed E-state index contributed by atoms with van der Waals surface area (Å²) in [6, 6.07) is 6.41. The third-order valence-electron chi connectivity index (χ3n) is 3.43. The summed E-state index contributed by atoms with van der Waals surface area (Å²) in [5.74, 6) is -0.701. The number of amides is 1. The lowest BCUT2D eigenvalue weighted by atomic mass is 10.1. The zero-order valence-electron chi connectivity index (χ0n) is 13.1. The molecule has 0 spiro atoms. The summed E-state index contributed by atoms with van der Waals surface area (Å²) in [4.78, 5) is 16.0. The zero-order valence-corrected chi connectivity index (χ0v) is 15.4. The van der Waals surface area contributed by atoms with E-state index in [1.807, 2.05) is 4.72 Å². The van der Waals surface area contributed by atoms with Crippen LogP contribution in [0, 0.1) is 6.92 Å². The number of carbonyl (C=O) groups excluding carboxylic acids is 1. The highest BCUT2D eigenvalue weighted by Gasteiger charge is 2.15. The summed E-state index contributed by atoms with van der Waals surface area (Å²) in [5.41, 5.74) is 2.21. The molecule has 1 N–H and O–H groups in total. The van der Waals surface area contributed by atoms with Crippen LogP contribution in [0.5, 0.6) is 0 Å². The van der Waals surface area contributed by atoms with Crippen LogP contribution in [0.1, 0.15) is 16.1 Å². The lowest BCUT2D eigenvalue weighted by Gasteiger charge is -2.06. The first-order valence-corrected chi connectivity index (χ1v) is 9.63. The summed E-state index contributed by atoms with van der Waals surface area (Å²) >= 11 is 11.8. The second-order valence-electron chi connectivity index (χ2n) is 5.40. The number of carbonyl (C=O) groups is 1. The van der Waals surface area contributed by atoms with Crippen molar-refractivity contribution in [2.24, 2.45) is 0 Å². The number of rotatable bonds is 3. The van der Waals surface area contributed by atoms with E-state index in [1.165, 1.54) is 12.3 Å². The van der Waals surface area contributed by atoms with Gasteiger partial charge in [-0.2, -0.15) is 5.10 Å². The summed E-state index contributed by atoms with van der Waals surface area (Å²) in [7, 11) is -3.64. The minimum atomic E-state index is -3.64. The van der Waals surface area contributed by atoms with Crippen molar-refractivity contribution in [1.82, 2.24) is 19.5 Å². The van der Waals surface area contributed by atoms with Crippen LogP contribution in [0.3, 0.4) is 0 Å². The molecule has 130 valence electrons. The zero-order chi connectivity index (χ0) is 18.4. The van der Waals surface area contributed by atoms with Gasteiger partial charge in [0.25, 0.3) is 5.91 Å². The minimum Gasteiger partial charge on any atom is -0.268 e. The molecule has 0 unspecified atom stereocenters. The second-order valence-corrected chi connectivity index (χ2v) is 7.91. The number of halogens is 2. The van der Waals surface area contributed by atoms with Gasteiger partial charge in [0.1, 0.15) is 5.15 Å². The van der Waals surface area contributed by atoms with Crippen LogP contribution in [-0.4, -0.2) is 35.3 Å². The molecule has 1 amide bonds. The maximum atomic E-state index is 12.0. The molecule has 0 fully saturated rings. The van der Waals surface area contributed by atoms with E-state index in [0.29, 0.717) is 27.3 Å². The van der Waals surface area contributed by atoms with E-state index < -0.39 is 15.9 Å². The van der Waals surface area contributed by atoms with Gasteiger partial charge in [-0.25, -0.2) is 22.8 Å². The van der Waals surface area contributed by atoms with Crippen molar-refractivity contribution in [1.29, 1.82) is 0 Å². The van der Waals surface area contributed by atoms with Gasteiger partial charge in [-0.05, 0) is 31.2 Å². The number of hydrogen-bond donors (Lipinski definition) is 1. The lowest BCUT2D eigenvalue weighted by Crippen LogP contribution is -2.29. The number of nitrogens with zero attached hydrogens (tertiary/aromatic N) is 3. The molecule has 0 aliphatic rings. The summed E-state index contributed by atoms with van der Waals surface area (Å²) < 4.78 is 26.0. The number of hydrogen-bond acceptors (Lipinski definition) is 5. The van der Waals surface area contributed by atoms with Gasteiger partial charge in [-0.1, -0.05) is 23.2 Å². The number of aryl methyl sites for hydroxylation is 1. The number of benzene rings is 1. The fourth-order valence-electron chi connectivity index (χ4n) is 2.36. The third kappa shape index (κ3) is 3.60. The number of fused-ring (bicyclic) bond motifs is 1. The Labute approximate surface area is 153 Å². The van der Waals surface area contributed by atoms with Crippen molar-refractivity contribution in [3.8, 4) is 5.69 Å². The SMILES string of the molecule is Cc1nn(-c2cnc(Cl)c(Cl)c2)c2ccc(C(=O)NS(C)(=O)=O)cc12. The summed E-state index contributed by atoms with van der Waals surface area (Å²) in [6.07, 6.45) is 2.45. The average molecular weight is 399 g/mol. The van der Waals surface area contributed by atoms with E-state index in [0.717, 1.165) is 6.26 Å². The lowest BCUT2D eigenvalue weighted by molar-refractivity contribution is 0.0982. The molecule has 1 aromatic carbocycles. The Kier molecular flexibility index (Phi) is 4.44. The van der Waals surface area contributed by atoms with Crippen molar-refractivity contribution in [2.45, 2.75) is 6.92 Å². The monoisotopic (exact) mass is 398 g/mol. The van der Waals surface area contributed by atoms with Crippen LogP contribution in [0.2, 0.25) is 10.2 Å². The van der Waals surface area contributed by atoms with Crippen molar-refractivity contribution < 1.29 is 13.2 Å². The molecule has 3 aromatic rings. The third-order valence-corrected chi connectivity index (χ3v) is 4.67. The first-order chi connectivity index (χ1) is 11.7. The molecule has 0 atom stereocenters. The van der Waals surface area contributed by atoms with E-state index in [9.17, 15) is 13.2 Å². The quantitative estimate of drug-likeness (QED) is 0.684. The molecule has 7 nitrogen and oxygen atoms in total. The van der Waals surface area contributed by atoms with Gasteiger partial charge in [0.2, 0.25) is 10.0 Å². The van der Waals surface area contributed by atoms with Crippen LogP contribution in [-0.2, 0) is 10.0 Å². The van der Waals surface area contributed by atoms with Crippen LogP contribution in [0.4, 0.5) is 0 Å². The van der Waals surface area contributed by atoms with Gasteiger partial charge < -0.3 is 0 Å². The van der Waals surface area contributed by atoms with Crippen molar-refractivity contribution in [3.63, 3.8) is 0 Å². The number of pyridine rings is 1. The Morgan fingerprint density at radius 3 is 2.60 bits per heavy atom. The van der Waals surface area contributed by atoms with E-state index >= 15 is 0 Å². The van der Waals surface area contributed by atoms with Gasteiger partial charge in [0.05, 0.1) is 34.4 Å². The second kappa shape index (κ2) is 6.29. The van der Waals surface area contributed by atoms with Crippen molar-refractivity contribution in [3.05, 3.63) is 51.9 Å². The molecule has 0 saturated heterocycles. The number of nitrogens with one attached hydrogen (secondary N) is 1. The standard InChI is InChI=1S/C15H12Cl2N4O3S/c1-8-11-5-9(15(22)20-25(2,23)24)3-4-13(11)21(19-8)10-6-12(16)14(17)18-7-10/h3-7H,1-2H3,(H,20,22). The molecule has 2 heterocycles. The molecule has 25 heavy (non-hydrogen) atoms. The molecule has 0 radical (unpaired) electrons. The minimum absolute atomic E-state index is 0.193. The molecule has 0 aliphatic heterocycles. The highest BCUT2D eigenvalue weighted by Crippen LogP contribution is 2.26. The van der Waals surface area contributed by atoms with Crippen LogP contribution in [0.15, 0.2) is 30.5 Å². The Hall–Kier alpha value is -2.16. The molecule has 0 saturated carbocycles. The molecule has 0 bridgehead atoms. The predicted octanol–water partition coefficient (Wildman–Crippen LogP) is 2.73. The van der Waals surface area contributed by atoms with Crippen molar-refractivity contribution in [2.75, 3.05) is 6.26 Å². The highest BCUT2D eigenvalue weighted by atomic mass is 35.5. The van der Waals surface area contributed by atoms with Crippen molar-refractivity contribution >= 4 is 50.0 Å². The Morgan fingerprint density at radius 1 is 1.24 bits per heavy atom. The first kappa shape index (κ1) is 17.7. The first-order valence-electron chi connectivity index (χ1n) is 6.98. The largest absolute Gasteiger partial charge is 0.268 e. The molecule has 3 rings (SSSR count). The van der Waals surface area contributed by atoms with Crippen LogP contribution >= 0.6 is 23.2 Å². The molecule has 10 heteroatoms. The smallest absolute Gasteiger partial charge is 0.264 e. The number of sulfonamides is 1. The Balaban J connectivity index is 2.10. The maximum Gasteiger partial charge on any atom is 0.264 e. The maximum absolute atomic E-state index is 12.0. The normalized spacial score (nSPS) is 11.7. The van der Waals surface area contributed by atoms with Gasteiger partial charge in [-0.3, -0.25) is 4.79 Å². The predicted molar refractivity (Wildman–Crippen MR) is 95.9 cm³/mol. The average Bonchev–Trinajstić information content (AvgIpc) is 2.85. The fourth-order valence-corrected chi connectivity index (χ4v) is 3.08. The molecule has 2 aromatic heterocycles. The van der Waals surface area contributed by atoms with E-state index in [-0.39, 0.29) is 10.7 Å². The summed E-state index contributed by atoms with van der Waals surface area (Å²) in [6.45, 7) is 1.78. The van der Waals surface area contributed by atoms with Gasteiger partial charge in [-0.15, -0.1) is 0 Å². The topological polar surface area (TPSA) is 93.9 Å². The Morgan fingerprint density at radius 2 is 1.96 bits per heavy atom. The molecular formula is C15H12Cl2N4O3S. The van der Waals surface area contributed by atoms with Gasteiger partial charge >= 0.3 is 0 Å². The van der Waals surface area contributed by atoms with Crippen LogP contribution in [0.25, 0.3) is 16.6 Å². The van der Waals surface area contributed by atoms with Gasteiger partial charge in [0.15, 0.2) is 0 Å².